The fourth-order valence-corrected chi connectivity index (χ4v) is 2.90. The Morgan fingerprint density at radius 2 is 1.60 bits per heavy atom. The van der Waals surface area contributed by atoms with Gasteiger partial charge in [-0.1, -0.05) is 6.92 Å². The molecule has 0 radical (unpaired) electrons. The summed E-state index contributed by atoms with van der Waals surface area (Å²) in [7, 11) is 7.02. The predicted molar refractivity (Wildman–Crippen MR) is 79.8 cm³/mol. The highest BCUT2D eigenvalue weighted by molar-refractivity contribution is 5.52. The van der Waals surface area contributed by atoms with E-state index in [0.717, 1.165) is 28.7 Å². The largest absolute Gasteiger partial charge is 0.496 e. The van der Waals surface area contributed by atoms with E-state index in [2.05, 4.69) is 12.2 Å². The lowest BCUT2D eigenvalue weighted by atomic mass is 9.89. The van der Waals surface area contributed by atoms with E-state index in [1.165, 1.54) is 12.8 Å². The molecule has 20 heavy (non-hydrogen) atoms. The molecule has 4 nitrogen and oxygen atoms in total. The number of hydrogen-bond donors (Lipinski definition) is 1. The van der Waals surface area contributed by atoms with Crippen LogP contribution in [0.1, 0.15) is 31.4 Å². The van der Waals surface area contributed by atoms with E-state index in [-0.39, 0.29) is 6.04 Å². The number of ether oxygens (including phenoxy) is 3. The Morgan fingerprint density at radius 1 is 1.05 bits per heavy atom. The lowest BCUT2D eigenvalue weighted by molar-refractivity contribution is 0.322. The molecule has 2 unspecified atom stereocenters. The van der Waals surface area contributed by atoms with E-state index in [1.54, 1.807) is 21.3 Å². The molecule has 1 aromatic carbocycles. The van der Waals surface area contributed by atoms with Crippen LogP contribution in [0, 0.1) is 11.8 Å². The number of nitrogens with one attached hydrogen (secondary N) is 1. The van der Waals surface area contributed by atoms with Crippen molar-refractivity contribution < 1.29 is 14.2 Å². The summed E-state index contributed by atoms with van der Waals surface area (Å²) in [5.41, 5.74) is 1.08. The molecule has 0 spiro atoms. The van der Waals surface area contributed by atoms with Crippen LogP contribution in [0.4, 0.5) is 0 Å². The Morgan fingerprint density at radius 3 is 1.95 bits per heavy atom. The average Bonchev–Trinajstić information content (AvgIpc) is 3.32. The molecule has 0 heterocycles. The van der Waals surface area contributed by atoms with Crippen LogP contribution in [0.3, 0.4) is 0 Å². The van der Waals surface area contributed by atoms with Gasteiger partial charge in [0, 0.05) is 18.2 Å². The predicted octanol–water partition coefficient (Wildman–Crippen LogP) is 3.02. The first-order chi connectivity index (χ1) is 9.65. The molecule has 1 aromatic rings. The summed E-state index contributed by atoms with van der Waals surface area (Å²) in [5.74, 6) is 3.72. The molecule has 1 aliphatic rings. The Bertz CT molecular complexity index is 432. The van der Waals surface area contributed by atoms with Crippen molar-refractivity contribution in [2.75, 3.05) is 28.4 Å². The topological polar surface area (TPSA) is 39.7 Å². The average molecular weight is 279 g/mol. The summed E-state index contributed by atoms with van der Waals surface area (Å²) in [5, 5.41) is 3.43. The van der Waals surface area contributed by atoms with Gasteiger partial charge in [0.1, 0.15) is 17.2 Å². The van der Waals surface area contributed by atoms with Crippen molar-refractivity contribution in [3.05, 3.63) is 17.7 Å². The van der Waals surface area contributed by atoms with Crippen LogP contribution in [0.25, 0.3) is 0 Å². The summed E-state index contributed by atoms with van der Waals surface area (Å²) in [6, 6.07) is 4.06. The van der Waals surface area contributed by atoms with E-state index < -0.39 is 0 Å². The molecule has 1 N–H and O–H groups in total. The molecule has 0 aliphatic heterocycles. The van der Waals surface area contributed by atoms with Gasteiger partial charge < -0.3 is 19.5 Å². The second-order valence-corrected chi connectivity index (χ2v) is 5.41. The highest BCUT2D eigenvalue weighted by Gasteiger charge is 2.36. The second-order valence-electron chi connectivity index (χ2n) is 5.41. The quantitative estimate of drug-likeness (QED) is 0.833. The minimum absolute atomic E-state index is 0.221. The van der Waals surface area contributed by atoms with E-state index in [0.29, 0.717) is 5.92 Å². The van der Waals surface area contributed by atoms with E-state index in [9.17, 15) is 0 Å². The second kappa shape index (κ2) is 6.35. The van der Waals surface area contributed by atoms with Crippen molar-refractivity contribution in [1.82, 2.24) is 5.32 Å². The number of methoxy groups -OCH3 is 3. The molecular formula is C16H25NO3. The Labute approximate surface area is 121 Å². The van der Waals surface area contributed by atoms with Crippen LogP contribution in [-0.4, -0.2) is 28.4 Å². The zero-order valence-electron chi connectivity index (χ0n) is 13.0. The molecule has 0 bridgehead atoms. The first-order valence-electron chi connectivity index (χ1n) is 7.13. The van der Waals surface area contributed by atoms with Gasteiger partial charge >= 0.3 is 0 Å². The van der Waals surface area contributed by atoms with Gasteiger partial charge in [0.05, 0.1) is 26.9 Å². The normalized spacial score (nSPS) is 17.4. The number of rotatable bonds is 7. The van der Waals surface area contributed by atoms with Gasteiger partial charge in [-0.05, 0) is 31.7 Å². The molecule has 2 rings (SSSR count). The molecule has 1 saturated carbocycles. The minimum atomic E-state index is 0.221. The maximum absolute atomic E-state index is 5.56. The van der Waals surface area contributed by atoms with E-state index in [4.69, 9.17) is 14.2 Å². The molecule has 0 amide bonds. The molecule has 4 heteroatoms. The Balaban J connectivity index is 2.45. The lowest BCUT2D eigenvalue weighted by Crippen LogP contribution is -2.26. The zero-order chi connectivity index (χ0) is 14.7. The fourth-order valence-electron chi connectivity index (χ4n) is 2.90. The summed E-state index contributed by atoms with van der Waals surface area (Å²) in [6.07, 6.45) is 2.64. The van der Waals surface area contributed by atoms with Crippen LogP contribution in [-0.2, 0) is 0 Å². The maximum atomic E-state index is 5.56. The third-order valence-electron chi connectivity index (χ3n) is 4.27. The fraction of sp³-hybridized carbons (Fsp3) is 0.625. The van der Waals surface area contributed by atoms with Crippen molar-refractivity contribution in [3.63, 3.8) is 0 Å². The summed E-state index contributed by atoms with van der Waals surface area (Å²) >= 11 is 0. The molecule has 1 aliphatic carbocycles. The van der Waals surface area contributed by atoms with Crippen molar-refractivity contribution in [2.45, 2.75) is 25.8 Å². The molecule has 2 atom stereocenters. The van der Waals surface area contributed by atoms with Gasteiger partial charge in [-0.15, -0.1) is 0 Å². The van der Waals surface area contributed by atoms with Gasteiger partial charge in [0.15, 0.2) is 0 Å². The van der Waals surface area contributed by atoms with Crippen molar-refractivity contribution in [2.24, 2.45) is 11.8 Å². The van der Waals surface area contributed by atoms with Crippen LogP contribution >= 0.6 is 0 Å². The Kier molecular flexibility index (Phi) is 4.76. The molecule has 0 aromatic heterocycles. The monoisotopic (exact) mass is 279 g/mol. The zero-order valence-corrected chi connectivity index (χ0v) is 13.0. The van der Waals surface area contributed by atoms with Gasteiger partial charge in [0.25, 0.3) is 0 Å². The molecule has 1 fully saturated rings. The third-order valence-corrected chi connectivity index (χ3v) is 4.27. The summed E-state index contributed by atoms with van der Waals surface area (Å²) in [4.78, 5) is 0. The van der Waals surface area contributed by atoms with Crippen molar-refractivity contribution in [1.29, 1.82) is 0 Å². The lowest BCUT2D eigenvalue weighted by Gasteiger charge is -2.27. The van der Waals surface area contributed by atoms with Crippen molar-refractivity contribution in [3.8, 4) is 17.2 Å². The van der Waals surface area contributed by atoms with Crippen molar-refractivity contribution >= 4 is 0 Å². The molecule has 112 valence electrons. The van der Waals surface area contributed by atoms with Crippen LogP contribution in [0.15, 0.2) is 12.1 Å². The SMILES string of the molecule is CNC(c1c(OC)cc(OC)cc1OC)C(C)C1CC1. The summed E-state index contributed by atoms with van der Waals surface area (Å²) in [6.45, 7) is 2.29. The van der Waals surface area contributed by atoms with Gasteiger partial charge in [-0.3, -0.25) is 0 Å². The van der Waals surface area contributed by atoms with Gasteiger partial charge in [-0.2, -0.15) is 0 Å². The van der Waals surface area contributed by atoms with E-state index >= 15 is 0 Å². The standard InChI is InChI=1S/C16H25NO3/c1-10(11-6-7-11)16(17-2)15-13(19-4)8-12(18-3)9-14(15)20-5/h8-11,16-17H,6-7H2,1-5H3. The maximum Gasteiger partial charge on any atom is 0.131 e. The smallest absolute Gasteiger partial charge is 0.131 e. The molecular weight excluding hydrogens is 254 g/mol. The number of hydrogen-bond acceptors (Lipinski definition) is 4. The molecule has 0 saturated heterocycles. The summed E-state index contributed by atoms with van der Waals surface area (Å²) < 4.78 is 16.4. The van der Waals surface area contributed by atoms with Gasteiger partial charge in [-0.25, -0.2) is 0 Å². The van der Waals surface area contributed by atoms with Crippen LogP contribution in [0.2, 0.25) is 0 Å². The first-order valence-corrected chi connectivity index (χ1v) is 7.13. The first kappa shape index (κ1) is 15.0. The minimum Gasteiger partial charge on any atom is -0.496 e. The highest BCUT2D eigenvalue weighted by atomic mass is 16.5. The van der Waals surface area contributed by atoms with Crippen LogP contribution in [0.5, 0.6) is 17.2 Å². The number of benzene rings is 1. The van der Waals surface area contributed by atoms with E-state index in [1.807, 2.05) is 19.2 Å². The van der Waals surface area contributed by atoms with Gasteiger partial charge in [0.2, 0.25) is 0 Å². The Hall–Kier alpha value is -1.42. The van der Waals surface area contributed by atoms with Crippen LogP contribution < -0.4 is 19.5 Å². The highest BCUT2D eigenvalue weighted by Crippen LogP contribution is 2.47. The third kappa shape index (κ3) is 2.85.